The molecule has 2 rings (SSSR count). The lowest BCUT2D eigenvalue weighted by molar-refractivity contribution is -0.122. The number of carbonyl (C=O) groups excluding carboxylic acids is 1. The molecule has 1 aromatic carbocycles. The van der Waals surface area contributed by atoms with E-state index in [1.807, 2.05) is 32.0 Å². The van der Waals surface area contributed by atoms with E-state index in [0.29, 0.717) is 6.54 Å². The molecule has 3 nitrogen and oxygen atoms in total. The van der Waals surface area contributed by atoms with Crippen LogP contribution in [0.3, 0.4) is 0 Å². The van der Waals surface area contributed by atoms with Crippen LogP contribution in [0, 0.1) is 0 Å². The summed E-state index contributed by atoms with van der Waals surface area (Å²) in [7, 11) is 0. The van der Waals surface area contributed by atoms with Gasteiger partial charge in [-0.2, -0.15) is 0 Å². The number of hydrogen-bond donors (Lipinski definition) is 2. The maximum Gasteiger partial charge on any atom is 0.227 e. The molecule has 1 aliphatic rings. The van der Waals surface area contributed by atoms with E-state index in [2.05, 4.69) is 11.4 Å². The van der Waals surface area contributed by atoms with Gasteiger partial charge in [-0.3, -0.25) is 4.79 Å². The van der Waals surface area contributed by atoms with Crippen molar-refractivity contribution in [2.45, 2.75) is 38.1 Å². The number of likely N-dealkylation sites (N-methyl/N-ethyl adjacent to an activating group) is 1. The summed E-state index contributed by atoms with van der Waals surface area (Å²) >= 11 is 0. The molecular weight excluding hydrogens is 212 g/mol. The zero-order chi connectivity index (χ0) is 12.5. The van der Waals surface area contributed by atoms with E-state index in [9.17, 15) is 4.79 Å². The highest BCUT2D eigenvalue weighted by Crippen LogP contribution is 2.45. The van der Waals surface area contributed by atoms with Gasteiger partial charge in [0.1, 0.15) is 0 Å². The van der Waals surface area contributed by atoms with Gasteiger partial charge in [-0.15, -0.1) is 0 Å². The molecule has 17 heavy (non-hydrogen) atoms. The third kappa shape index (κ3) is 2.34. The van der Waals surface area contributed by atoms with E-state index >= 15 is 0 Å². The quantitative estimate of drug-likeness (QED) is 0.832. The van der Waals surface area contributed by atoms with Gasteiger partial charge in [-0.1, -0.05) is 24.3 Å². The summed E-state index contributed by atoms with van der Waals surface area (Å²) < 4.78 is 0. The Labute approximate surface area is 102 Å². The van der Waals surface area contributed by atoms with Crippen LogP contribution in [0.15, 0.2) is 24.3 Å². The Morgan fingerprint density at radius 3 is 2.71 bits per heavy atom. The highest BCUT2D eigenvalue weighted by atomic mass is 16.1. The molecule has 1 unspecified atom stereocenters. The molecule has 92 valence electrons. The zero-order valence-corrected chi connectivity index (χ0v) is 10.5. The highest BCUT2D eigenvalue weighted by Gasteiger charge is 2.42. The fourth-order valence-corrected chi connectivity index (χ4v) is 2.20. The monoisotopic (exact) mass is 232 g/mol. The van der Waals surface area contributed by atoms with Crippen molar-refractivity contribution in [2.75, 3.05) is 6.54 Å². The molecule has 1 aliphatic carbocycles. The number of nitrogens with two attached hydrogens (primary N) is 1. The van der Waals surface area contributed by atoms with Gasteiger partial charge in [0.25, 0.3) is 0 Å². The maximum atomic E-state index is 11.9. The van der Waals surface area contributed by atoms with Gasteiger partial charge in [0.2, 0.25) is 5.91 Å². The van der Waals surface area contributed by atoms with E-state index in [1.165, 1.54) is 0 Å². The minimum atomic E-state index is -0.183. The number of nitrogens with one attached hydrogen (secondary N) is 1. The first kappa shape index (κ1) is 12.1. The number of rotatable bonds is 4. The van der Waals surface area contributed by atoms with Crippen LogP contribution in [0.2, 0.25) is 0 Å². The van der Waals surface area contributed by atoms with Crippen molar-refractivity contribution in [3.05, 3.63) is 35.4 Å². The van der Waals surface area contributed by atoms with Crippen LogP contribution in [0.5, 0.6) is 0 Å². The molecular formula is C14H20N2O. The topological polar surface area (TPSA) is 55.1 Å². The van der Waals surface area contributed by atoms with E-state index < -0.39 is 0 Å². The summed E-state index contributed by atoms with van der Waals surface area (Å²) in [4.78, 5) is 11.9. The lowest BCUT2D eigenvalue weighted by Crippen LogP contribution is -2.30. The van der Waals surface area contributed by atoms with Gasteiger partial charge < -0.3 is 11.1 Å². The van der Waals surface area contributed by atoms with Gasteiger partial charge in [-0.05, 0) is 37.8 Å². The lowest BCUT2D eigenvalue weighted by Gasteiger charge is -2.19. The van der Waals surface area contributed by atoms with Gasteiger partial charge in [0.05, 0.1) is 5.92 Å². The van der Waals surface area contributed by atoms with E-state index in [1.54, 1.807) is 0 Å². The van der Waals surface area contributed by atoms with Gasteiger partial charge in [0, 0.05) is 12.1 Å². The summed E-state index contributed by atoms with van der Waals surface area (Å²) in [5.41, 5.74) is 8.27. The summed E-state index contributed by atoms with van der Waals surface area (Å²) in [6.45, 7) is 4.54. The molecule has 0 spiro atoms. The van der Waals surface area contributed by atoms with Crippen LogP contribution >= 0.6 is 0 Å². The smallest absolute Gasteiger partial charge is 0.227 e. The molecule has 0 saturated heterocycles. The molecule has 0 radical (unpaired) electrons. The average molecular weight is 232 g/mol. The van der Waals surface area contributed by atoms with Crippen LogP contribution in [0.4, 0.5) is 0 Å². The summed E-state index contributed by atoms with van der Waals surface area (Å²) in [5, 5.41) is 2.86. The molecule has 3 N–H and O–H groups in total. The Hall–Kier alpha value is -1.35. The third-order valence-corrected chi connectivity index (χ3v) is 3.50. The fourth-order valence-electron chi connectivity index (χ4n) is 2.20. The average Bonchev–Trinajstić information content (AvgIpc) is 3.08. The Kier molecular flexibility index (Phi) is 3.20. The fraction of sp³-hybridized carbons (Fsp3) is 0.500. The number of benzene rings is 1. The first-order valence-corrected chi connectivity index (χ1v) is 6.24. The molecule has 0 bridgehead atoms. The van der Waals surface area contributed by atoms with Crippen LogP contribution < -0.4 is 11.1 Å². The van der Waals surface area contributed by atoms with Crippen molar-refractivity contribution in [2.24, 2.45) is 5.73 Å². The Balaban J connectivity index is 2.29. The second-order valence-electron chi connectivity index (χ2n) is 4.86. The molecule has 1 fully saturated rings. The predicted molar refractivity (Wildman–Crippen MR) is 68.6 cm³/mol. The number of amides is 1. The summed E-state index contributed by atoms with van der Waals surface area (Å²) in [6, 6.07) is 8.04. The van der Waals surface area contributed by atoms with Crippen molar-refractivity contribution in [1.82, 2.24) is 5.32 Å². The molecule has 1 saturated carbocycles. The third-order valence-electron chi connectivity index (χ3n) is 3.50. The van der Waals surface area contributed by atoms with Crippen LogP contribution in [-0.4, -0.2) is 12.5 Å². The maximum absolute atomic E-state index is 11.9. The zero-order valence-electron chi connectivity index (χ0n) is 10.5. The normalized spacial score (nSPS) is 18.5. The lowest BCUT2D eigenvalue weighted by atomic mass is 9.90. The van der Waals surface area contributed by atoms with Gasteiger partial charge >= 0.3 is 0 Å². The SMILES string of the molecule is CCNC(=O)C(C)c1ccccc1C1(N)CC1. The minimum absolute atomic E-state index is 0.0733. The highest BCUT2D eigenvalue weighted by molar-refractivity contribution is 5.83. The molecule has 1 atom stereocenters. The molecule has 3 heteroatoms. The van der Waals surface area contributed by atoms with E-state index in [0.717, 1.165) is 24.0 Å². The molecule has 1 amide bonds. The second-order valence-corrected chi connectivity index (χ2v) is 4.86. The number of hydrogen-bond acceptors (Lipinski definition) is 2. The summed E-state index contributed by atoms with van der Waals surface area (Å²) in [6.07, 6.45) is 2.04. The Bertz CT molecular complexity index is 424. The predicted octanol–water partition coefficient (Wildman–Crippen LogP) is 1.87. The molecule has 0 aliphatic heterocycles. The van der Waals surface area contributed by atoms with E-state index in [-0.39, 0.29) is 17.4 Å². The molecule has 0 aromatic heterocycles. The van der Waals surface area contributed by atoms with Crippen molar-refractivity contribution in [3.63, 3.8) is 0 Å². The second kappa shape index (κ2) is 4.49. The standard InChI is InChI=1S/C14H20N2O/c1-3-16-13(17)10(2)11-6-4-5-7-12(11)14(15)8-9-14/h4-7,10H,3,8-9,15H2,1-2H3,(H,16,17). The largest absolute Gasteiger partial charge is 0.356 e. The minimum Gasteiger partial charge on any atom is -0.356 e. The Morgan fingerprint density at radius 2 is 2.12 bits per heavy atom. The van der Waals surface area contributed by atoms with Gasteiger partial charge in [-0.25, -0.2) is 0 Å². The van der Waals surface area contributed by atoms with Crippen LogP contribution in [-0.2, 0) is 10.3 Å². The number of carbonyl (C=O) groups is 1. The van der Waals surface area contributed by atoms with Crippen LogP contribution in [0.25, 0.3) is 0 Å². The van der Waals surface area contributed by atoms with Crippen LogP contribution in [0.1, 0.15) is 43.7 Å². The van der Waals surface area contributed by atoms with Crippen molar-refractivity contribution in [1.29, 1.82) is 0 Å². The van der Waals surface area contributed by atoms with Crippen molar-refractivity contribution >= 4 is 5.91 Å². The Morgan fingerprint density at radius 1 is 1.47 bits per heavy atom. The molecule has 0 heterocycles. The first-order chi connectivity index (χ1) is 8.08. The first-order valence-electron chi connectivity index (χ1n) is 6.24. The summed E-state index contributed by atoms with van der Waals surface area (Å²) in [5.74, 6) is -0.0589. The molecule has 1 aromatic rings. The van der Waals surface area contributed by atoms with E-state index in [4.69, 9.17) is 5.73 Å². The van der Waals surface area contributed by atoms with Gasteiger partial charge in [0.15, 0.2) is 0 Å². The van der Waals surface area contributed by atoms with Crippen molar-refractivity contribution < 1.29 is 4.79 Å². The van der Waals surface area contributed by atoms with Crippen molar-refractivity contribution in [3.8, 4) is 0 Å².